The molecule has 0 aromatic heterocycles. The third-order valence-electron chi connectivity index (χ3n) is 4.21. The standard InChI is InChI=1S/C17H23.C5H5.5CH3.Hf/c1-2-3-4-5-6-7-10-15-13-14-16-11-8-9-12-17(15)16;1-2-4-5-3-1;;;;;;/h8-9,11-12,14-15H,2-7,10H2,1H3;1-5H;5*1H3;/q7*-1;. The number of benzene rings is 1. The van der Waals surface area contributed by atoms with Gasteiger partial charge < -0.3 is 37.1 Å². The molecule has 1 aliphatic rings. The Morgan fingerprint density at radius 1 is 0.786 bits per heavy atom. The minimum absolute atomic E-state index is 0. The summed E-state index contributed by atoms with van der Waals surface area (Å²) < 4.78 is 0. The van der Waals surface area contributed by atoms with Gasteiger partial charge in [-0.3, -0.25) is 6.08 Å². The van der Waals surface area contributed by atoms with Crippen molar-refractivity contribution < 1.29 is 25.8 Å². The van der Waals surface area contributed by atoms with E-state index in [0.717, 1.165) is 0 Å². The summed E-state index contributed by atoms with van der Waals surface area (Å²) in [5, 5.41) is 0. The van der Waals surface area contributed by atoms with Crippen molar-refractivity contribution in [2.45, 2.75) is 57.8 Å². The molecule has 0 saturated carbocycles. The van der Waals surface area contributed by atoms with E-state index < -0.39 is 0 Å². The number of allylic oxidation sites excluding steroid dienone is 1. The third-order valence-corrected chi connectivity index (χ3v) is 4.21. The van der Waals surface area contributed by atoms with Gasteiger partial charge in [-0.05, 0) is 0 Å². The van der Waals surface area contributed by atoms with Crippen molar-refractivity contribution in [1.82, 2.24) is 0 Å². The summed E-state index contributed by atoms with van der Waals surface area (Å²) in [5.74, 6) is 0.567. The molecule has 1 atom stereocenters. The summed E-state index contributed by atoms with van der Waals surface area (Å²) in [5.41, 5.74) is 2.87. The smallest absolute Gasteiger partial charge is 0 e. The van der Waals surface area contributed by atoms with E-state index in [-0.39, 0.29) is 63.0 Å². The van der Waals surface area contributed by atoms with Crippen molar-refractivity contribution in [2.24, 2.45) is 0 Å². The third kappa shape index (κ3) is 14.2. The molecule has 162 valence electrons. The SMILES string of the molecule is CCCCCCCCC1[C-]=Cc2ccccc21.[CH3-].[CH3-].[CH3-].[CH3-].[CH3-].[Hf].c1cc[cH-]c1. The van der Waals surface area contributed by atoms with Crippen LogP contribution >= 0.6 is 0 Å². The molecule has 0 spiro atoms. The Bertz CT molecular complexity index is 508. The Morgan fingerprint density at radius 3 is 1.93 bits per heavy atom. The van der Waals surface area contributed by atoms with Crippen molar-refractivity contribution in [2.75, 3.05) is 0 Å². The van der Waals surface area contributed by atoms with E-state index in [0.29, 0.717) is 5.92 Å². The van der Waals surface area contributed by atoms with Crippen LogP contribution in [0.1, 0.15) is 68.9 Å². The van der Waals surface area contributed by atoms with Gasteiger partial charge >= 0.3 is 0 Å². The van der Waals surface area contributed by atoms with Crippen molar-refractivity contribution >= 4 is 6.08 Å². The monoisotopic (exact) mass is 547 g/mol. The molecule has 2 aromatic rings. The van der Waals surface area contributed by atoms with Crippen LogP contribution in [0.5, 0.6) is 0 Å². The van der Waals surface area contributed by atoms with Gasteiger partial charge in [-0.15, -0.1) is 11.6 Å². The molecule has 0 aliphatic heterocycles. The fourth-order valence-corrected chi connectivity index (χ4v) is 2.93. The van der Waals surface area contributed by atoms with Crippen LogP contribution in [0.4, 0.5) is 0 Å². The number of hydrogen-bond donors (Lipinski definition) is 0. The summed E-state index contributed by atoms with van der Waals surface area (Å²) in [6.07, 6.45) is 15.2. The van der Waals surface area contributed by atoms with Crippen LogP contribution in [0.3, 0.4) is 0 Å². The quantitative estimate of drug-likeness (QED) is 0.185. The zero-order valence-corrected chi connectivity index (χ0v) is 22.9. The molecule has 0 heterocycles. The average molecular weight is 546 g/mol. The summed E-state index contributed by atoms with van der Waals surface area (Å²) in [4.78, 5) is 0. The molecule has 1 unspecified atom stereocenters. The molecule has 2 aromatic carbocycles. The normalized spacial score (nSPS) is 12.0. The van der Waals surface area contributed by atoms with Gasteiger partial charge in [-0.25, -0.2) is 18.2 Å². The molecule has 0 N–H and O–H groups in total. The van der Waals surface area contributed by atoms with Crippen LogP contribution in [0, 0.1) is 43.2 Å². The second-order valence-corrected chi connectivity index (χ2v) is 6.01. The van der Waals surface area contributed by atoms with Crippen LogP contribution in [-0.4, -0.2) is 0 Å². The molecule has 0 fully saturated rings. The molecule has 0 amide bonds. The van der Waals surface area contributed by atoms with E-state index in [1.54, 1.807) is 0 Å². The molecule has 1 aliphatic carbocycles. The van der Waals surface area contributed by atoms with Crippen molar-refractivity contribution in [1.29, 1.82) is 0 Å². The Hall–Kier alpha value is -0.820. The number of rotatable bonds is 7. The number of unbranched alkanes of at least 4 members (excludes halogenated alkanes) is 5. The minimum Gasteiger partial charge on any atom is -0.358 e. The van der Waals surface area contributed by atoms with E-state index in [1.165, 1.54) is 56.1 Å². The largest absolute Gasteiger partial charge is 0.358 e. The van der Waals surface area contributed by atoms with Crippen molar-refractivity contribution in [3.05, 3.63) is 109 Å². The Morgan fingerprint density at radius 2 is 1.36 bits per heavy atom. The maximum Gasteiger partial charge on any atom is 0 e. The zero-order chi connectivity index (χ0) is 15.5. The molecule has 3 rings (SSSR count). The van der Waals surface area contributed by atoms with Gasteiger partial charge in [0.25, 0.3) is 0 Å². The van der Waals surface area contributed by atoms with Crippen LogP contribution in [0.2, 0.25) is 0 Å². The maximum absolute atomic E-state index is 3.50. The topological polar surface area (TPSA) is 0 Å². The van der Waals surface area contributed by atoms with Crippen LogP contribution in [0.15, 0.2) is 54.6 Å². The molecular formula is C27H43Hf-7. The molecule has 0 bridgehead atoms. The van der Waals surface area contributed by atoms with E-state index >= 15 is 0 Å². The van der Waals surface area contributed by atoms with Crippen LogP contribution < -0.4 is 0 Å². The van der Waals surface area contributed by atoms with Gasteiger partial charge in [-0.1, -0.05) is 76.0 Å². The predicted octanol–water partition coefficient (Wildman–Crippen LogP) is 9.01. The molecule has 28 heavy (non-hydrogen) atoms. The van der Waals surface area contributed by atoms with Crippen LogP contribution in [0.25, 0.3) is 6.08 Å². The summed E-state index contributed by atoms with van der Waals surface area (Å²) >= 11 is 0. The Balaban J connectivity index is -0.000000142. The van der Waals surface area contributed by atoms with Crippen LogP contribution in [-0.2, 0) is 25.8 Å². The fraction of sp³-hybridized carbons (Fsp3) is 0.333. The van der Waals surface area contributed by atoms with E-state index in [4.69, 9.17) is 0 Å². The average Bonchev–Trinajstić information content (AvgIpc) is 3.24. The molecular weight excluding hydrogens is 503 g/mol. The zero-order valence-electron chi connectivity index (χ0n) is 19.3. The van der Waals surface area contributed by atoms with Gasteiger partial charge in [0, 0.05) is 25.8 Å². The van der Waals surface area contributed by atoms with Crippen molar-refractivity contribution in [3.63, 3.8) is 0 Å². The Labute approximate surface area is 198 Å². The first kappa shape index (κ1) is 37.9. The number of hydrogen-bond acceptors (Lipinski definition) is 0. The van der Waals surface area contributed by atoms with E-state index in [1.807, 2.05) is 30.3 Å². The minimum atomic E-state index is 0. The van der Waals surface area contributed by atoms with Gasteiger partial charge in [-0.2, -0.15) is 23.8 Å². The van der Waals surface area contributed by atoms with Gasteiger partial charge in [0.1, 0.15) is 0 Å². The molecule has 0 radical (unpaired) electrons. The molecule has 1 heteroatoms. The second kappa shape index (κ2) is 24.2. The first-order valence-corrected chi connectivity index (χ1v) is 8.76. The summed E-state index contributed by atoms with van der Waals surface area (Å²) in [6, 6.07) is 18.7. The fourth-order valence-electron chi connectivity index (χ4n) is 2.93. The Kier molecular flexibility index (Phi) is 32.8. The summed E-state index contributed by atoms with van der Waals surface area (Å²) in [7, 11) is 0. The number of fused-ring (bicyclic) bond motifs is 1. The van der Waals surface area contributed by atoms with E-state index in [9.17, 15) is 0 Å². The van der Waals surface area contributed by atoms with E-state index in [2.05, 4.69) is 43.3 Å². The van der Waals surface area contributed by atoms with Gasteiger partial charge in [0.05, 0.1) is 0 Å². The first-order valence-electron chi connectivity index (χ1n) is 8.76. The second-order valence-electron chi connectivity index (χ2n) is 6.01. The predicted molar refractivity (Wildman–Crippen MR) is 129 cm³/mol. The first-order chi connectivity index (χ1) is 10.9. The maximum atomic E-state index is 3.50. The molecule has 0 nitrogen and oxygen atoms in total. The summed E-state index contributed by atoms with van der Waals surface area (Å²) in [6.45, 7) is 2.27. The van der Waals surface area contributed by atoms with Crippen molar-refractivity contribution in [3.8, 4) is 0 Å². The van der Waals surface area contributed by atoms with Gasteiger partial charge in [0.15, 0.2) is 0 Å². The molecule has 0 saturated heterocycles. The van der Waals surface area contributed by atoms with Gasteiger partial charge in [0.2, 0.25) is 0 Å².